The van der Waals surface area contributed by atoms with Crippen molar-refractivity contribution in [3.8, 4) is 23.0 Å². The summed E-state index contributed by atoms with van der Waals surface area (Å²) in [6.07, 6.45) is 0. The first-order valence-electron chi connectivity index (χ1n) is 6.13. The maximum absolute atomic E-state index is 9.27. The second-order valence-corrected chi connectivity index (χ2v) is 3.98. The number of ether oxygens (including phenoxy) is 3. The summed E-state index contributed by atoms with van der Waals surface area (Å²) < 4.78 is 14.9. The van der Waals surface area contributed by atoms with Gasteiger partial charge in [-0.1, -0.05) is 24.3 Å². The van der Waals surface area contributed by atoms with Crippen molar-refractivity contribution < 1.29 is 19.3 Å². The molecule has 2 aromatic rings. The van der Waals surface area contributed by atoms with Gasteiger partial charge in [-0.25, -0.2) is 0 Å². The second kappa shape index (κ2) is 7.94. The van der Waals surface area contributed by atoms with Crippen molar-refractivity contribution in [1.82, 2.24) is 0 Å². The van der Waals surface area contributed by atoms with Crippen LogP contribution in [0.3, 0.4) is 0 Å². The highest BCUT2D eigenvalue weighted by molar-refractivity contribution is 5.44. The van der Waals surface area contributed by atoms with Crippen molar-refractivity contribution in [3.05, 3.63) is 48.0 Å². The van der Waals surface area contributed by atoms with E-state index in [1.54, 1.807) is 20.3 Å². The van der Waals surface area contributed by atoms with E-state index in [2.05, 4.69) is 0 Å². The van der Waals surface area contributed by atoms with Gasteiger partial charge in [-0.2, -0.15) is 0 Å². The molecular weight excluding hydrogens is 256 g/mol. The largest absolute Gasteiger partial charge is 0.504 e. The second-order valence-electron chi connectivity index (χ2n) is 3.98. The molecule has 0 radical (unpaired) electrons. The third-order valence-corrected chi connectivity index (χ3v) is 2.71. The Balaban J connectivity index is 0.000000200. The standard InChI is InChI=1S/2C8H10O2/c1-9-7-5-3-4-6-8(7)10-2;1-6-4-3-5-7(10-2)8(6)9/h3-6H,1-2H3;3-5,9H,1-2H3. The van der Waals surface area contributed by atoms with Crippen molar-refractivity contribution in [2.75, 3.05) is 21.3 Å². The molecule has 0 amide bonds. The summed E-state index contributed by atoms with van der Waals surface area (Å²) >= 11 is 0. The van der Waals surface area contributed by atoms with Crippen molar-refractivity contribution >= 4 is 0 Å². The van der Waals surface area contributed by atoms with Gasteiger partial charge in [0.25, 0.3) is 0 Å². The van der Waals surface area contributed by atoms with Crippen LogP contribution < -0.4 is 14.2 Å². The summed E-state index contributed by atoms with van der Waals surface area (Å²) in [5, 5.41) is 9.27. The summed E-state index contributed by atoms with van der Waals surface area (Å²) in [7, 11) is 4.78. The van der Waals surface area contributed by atoms with Gasteiger partial charge in [0.2, 0.25) is 0 Å². The van der Waals surface area contributed by atoms with E-state index in [0.717, 1.165) is 17.1 Å². The fraction of sp³-hybridized carbons (Fsp3) is 0.250. The van der Waals surface area contributed by atoms with Crippen LogP contribution in [0, 0.1) is 6.92 Å². The molecule has 0 saturated carbocycles. The number of phenols is 1. The highest BCUT2D eigenvalue weighted by Crippen LogP contribution is 2.28. The lowest BCUT2D eigenvalue weighted by Gasteiger charge is -2.04. The third-order valence-electron chi connectivity index (χ3n) is 2.71. The fourth-order valence-electron chi connectivity index (χ4n) is 1.58. The van der Waals surface area contributed by atoms with E-state index < -0.39 is 0 Å². The van der Waals surface area contributed by atoms with E-state index >= 15 is 0 Å². The predicted molar refractivity (Wildman–Crippen MR) is 78.9 cm³/mol. The molecule has 1 N–H and O–H groups in total. The molecule has 0 saturated heterocycles. The van der Waals surface area contributed by atoms with E-state index in [1.807, 2.05) is 43.3 Å². The van der Waals surface area contributed by atoms with Gasteiger partial charge in [-0.15, -0.1) is 0 Å². The van der Waals surface area contributed by atoms with Crippen LogP contribution in [0.25, 0.3) is 0 Å². The number of hydrogen-bond acceptors (Lipinski definition) is 4. The first-order chi connectivity index (χ1) is 9.63. The maximum atomic E-state index is 9.27. The Labute approximate surface area is 119 Å². The number of aromatic hydroxyl groups is 1. The van der Waals surface area contributed by atoms with E-state index in [0.29, 0.717) is 5.75 Å². The minimum Gasteiger partial charge on any atom is -0.504 e. The Bertz CT molecular complexity index is 515. The van der Waals surface area contributed by atoms with Crippen molar-refractivity contribution in [3.63, 3.8) is 0 Å². The van der Waals surface area contributed by atoms with Gasteiger partial charge in [0, 0.05) is 0 Å². The number of methoxy groups -OCH3 is 3. The summed E-state index contributed by atoms with van der Waals surface area (Å²) in [5.74, 6) is 2.29. The average molecular weight is 276 g/mol. The lowest BCUT2D eigenvalue weighted by Crippen LogP contribution is -1.88. The molecule has 0 atom stereocenters. The monoisotopic (exact) mass is 276 g/mol. The Kier molecular flexibility index (Phi) is 6.23. The molecule has 108 valence electrons. The maximum Gasteiger partial charge on any atom is 0.160 e. The average Bonchev–Trinajstić information content (AvgIpc) is 2.50. The molecule has 2 aromatic carbocycles. The summed E-state index contributed by atoms with van der Waals surface area (Å²) in [6.45, 7) is 1.83. The molecule has 0 fully saturated rings. The minimum atomic E-state index is 0.227. The summed E-state index contributed by atoms with van der Waals surface area (Å²) in [6, 6.07) is 12.9. The van der Waals surface area contributed by atoms with Gasteiger partial charge in [0.15, 0.2) is 23.0 Å². The quantitative estimate of drug-likeness (QED) is 0.933. The third kappa shape index (κ3) is 4.09. The Hall–Kier alpha value is -2.36. The lowest BCUT2D eigenvalue weighted by molar-refractivity contribution is 0.355. The van der Waals surface area contributed by atoms with Crippen molar-refractivity contribution in [1.29, 1.82) is 0 Å². The Morgan fingerprint density at radius 2 is 1.15 bits per heavy atom. The number of hydrogen-bond donors (Lipinski definition) is 1. The Morgan fingerprint density at radius 1 is 0.700 bits per heavy atom. The van der Waals surface area contributed by atoms with E-state index in [9.17, 15) is 5.11 Å². The fourth-order valence-corrected chi connectivity index (χ4v) is 1.58. The van der Waals surface area contributed by atoms with Gasteiger partial charge in [0.05, 0.1) is 21.3 Å². The highest BCUT2D eigenvalue weighted by atomic mass is 16.5. The van der Waals surface area contributed by atoms with Gasteiger partial charge in [-0.3, -0.25) is 0 Å². The molecule has 0 heterocycles. The van der Waals surface area contributed by atoms with Gasteiger partial charge in [0.1, 0.15) is 0 Å². The molecular formula is C16H20O4. The first-order valence-corrected chi connectivity index (χ1v) is 6.13. The molecule has 2 rings (SSSR count). The normalized spacial score (nSPS) is 9.20. The molecule has 0 aliphatic heterocycles. The molecule has 0 unspecified atom stereocenters. The summed E-state index contributed by atoms with van der Waals surface area (Å²) in [4.78, 5) is 0. The lowest BCUT2D eigenvalue weighted by atomic mass is 10.2. The van der Waals surface area contributed by atoms with Crippen LogP contribution in [0.1, 0.15) is 5.56 Å². The summed E-state index contributed by atoms with van der Waals surface area (Å²) in [5.41, 5.74) is 0.833. The van der Waals surface area contributed by atoms with Crippen LogP contribution in [0.4, 0.5) is 0 Å². The molecule has 0 aromatic heterocycles. The zero-order valence-corrected chi connectivity index (χ0v) is 12.2. The molecule has 0 aliphatic rings. The van der Waals surface area contributed by atoms with Gasteiger partial charge in [-0.05, 0) is 30.7 Å². The van der Waals surface area contributed by atoms with Crippen LogP contribution in [0.15, 0.2) is 42.5 Å². The molecule has 4 nitrogen and oxygen atoms in total. The minimum absolute atomic E-state index is 0.227. The number of rotatable bonds is 3. The van der Waals surface area contributed by atoms with Crippen molar-refractivity contribution in [2.45, 2.75) is 6.92 Å². The van der Waals surface area contributed by atoms with Gasteiger partial charge >= 0.3 is 0 Å². The molecule has 0 bridgehead atoms. The SMILES string of the molecule is COc1cccc(C)c1O.COc1ccccc1OC. The molecule has 0 aliphatic carbocycles. The zero-order chi connectivity index (χ0) is 15.0. The van der Waals surface area contributed by atoms with E-state index in [4.69, 9.17) is 14.2 Å². The van der Waals surface area contributed by atoms with Crippen LogP contribution in [0.5, 0.6) is 23.0 Å². The van der Waals surface area contributed by atoms with Crippen molar-refractivity contribution in [2.24, 2.45) is 0 Å². The van der Waals surface area contributed by atoms with Crippen LogP contribution in [-0.2, 0) is 0 Å². The zero-order valence-electron chi connectivity index (χ0n) is 12.2. The number of aryl methyl sites for hydroxylation is 1. The number of para-hydroxylation sites is 3. The van der Waals surface area contributed by atoms with Crippen LogP contribution in [0.2, 0.25) is 0 Å². The smallest absolute Gasteiger partial charge is 0.160 e. The van der Waals surface area contributed by atoms with E-state index in [-0.39, 0.29) is 5.75 Å². The predicted octanol–water partition coefficient (Wildman–Crippen LogP) is 3.41. The molecule has 0 spiro atoms. The first kappa shape index (κ1) is 15.7. The highest BCUT2D eigenvalue weighted by Gasteiger charge is 2.00. The van der Waals surface area contributed by atoms with E-state index in [1.165, 1.54) is 7.11 Å². The number of benzene rings is 2. The molecule has 4 heteroatoms. The topological polar surface area (TPSA) is 47.9 Å². The molecule has 20 heavy (non-hydrogen) atoms. The Morgan fingerprint density at radius 3 is 1.55 bits per heavy atom. The van der Waals surface area contributed by atoms with Crippen LogP contribution >= 0.6 is 0 Å². The van der Waals surface area contributed by atoms with Gasteiger partial charge < -0.3 is 19.3 Å². The number of phenolic OH excluding ortho intramolecular Hbond substituents is 1. The van der Waals surface area contributed by atoms with Crippen LogP contribution in [-0.4, -0.2) is 26.4 Å².